The summed E-state index contributed by atoms with van der Waals surface area (Å²) in [6.07, 6.45) is 4.79. The Morgan fingerprint density at radius 3 is 2.52 bits per heavy atom. The highest BCUT2D eigenvalue weighted by Crippen LogP contribution is 2.35. The smallest absolute Gasteiger partial charge is 0.147 e. The summed E-state index contributed by atoms with van der Waals surface area (Å²) in [6.45, 7) is 13.4. The van der Waals surface area contributed by atoms with Crippen molar-refractivity contribution in [1.82, 2.24) is 4.98 Å². The van der Waals surface area contributed by atoms with Gasteiger partial charge in [0.2, 0.25) is 0 Å². The Balaban J connectivity index is 1.85. The van der Waals surface area contributed by atoms with Crippen LogP contribution in [0.3, 0.4) is 0 Å². The van der Waals surface area contributed by atoms with Crippen LogP contribution in [0.25, 0.3) is 10.1 Å². The van der Waals surface area contributed by atoms with E-state index in [2.05, 4.69) is 37.5 Å². The molecule has 3 aromatic rings. The molecular formula is C24H28FNS. The van der Waals surface area contributed by atoms with Crippen LogP contribution in [-0.2, 0) is 24.9 Å². The molecule has 0 radical (unpaired) electrons. The maximum absolute atomic E-state index is 14.1. The second-order valence-electron chi connectivity index (χ2n) is 7.83. The quantitative estimate of drug-likeness (QED) is 0.421. The molecule has 0 aliphatic carbocycles. The number of aryl methyl sites for hydroxylation is 5. The Hall–Kier alpha value is -2.00. The number of rotatable bonds is 6. The number of aromatic nitrogens is 1. The minimum Gasteiger partial charge on any atom is -0.255 e. The predicted octanol–water partition coefficient (Wildman–Crippen LogP) is 6.94. The summed E-state index contributed by atoms with van der Waals surface area (Å²) in [4.78, 5) is 5.86. The Kier molecular flexibility index (Phi) is 5.53. The molecule has 2 aromatic heterocycles. The summed E-state index contributed by atoms with van der Waals surface area (Å²) in [7, 11) is 0. The number of alkyl halides is 1. The zero-order valence-electron chi connectivity index (χ0n) is 16.9. The highest BCUT2D eigenvalue weighted by Gasteiger charge is 2.21. The number of hydrogen-bond acceptors (Lipinski definition) is 2. The molecule has 142 valence electrons. The van der Waals surface area contributed by atoms with E-state index in [1.54, 1.807) is 13.8 Å². The Morgan fingerprint density at radius 1 is 1.15 bits per heavy atom. The molecule has 0 aliphatic heterocycles. The van der Waals surface area contributed by atoms with E-state index in [0.717, 1.165) is 25.0 Å². The number of pyridine rings is 1. The van der Waals surface area contributed by atoms with Gasteiger partial charge in [-0.2, -0.15) is 0 Å². The zero-order valence-corrected chi connectivity index (χ0v) is 17.8. The lowest BCUT2D eigenvalue weighted by atomic mass is 9.97. The summed E-state index contributed by atoms with van der Waals surface area (Å²) < 4.78 is 15.5. The fourth-order valence-electron chi connectivity index (χ4n) is 3.70. The van der Waals surface area contributed by atoms with Gasteiger partial charge < -0.3 is 0 Å². The van der Waals surface area contributed by atoms with Gasteiger partial charge in [-0.05, 0) is 93.7 Å². The highest BCUT2D eigenvalue weighted by molar-refractivity contribution is 7.19. The lowest BCUT2D eigenvalue weighted by molar-refractivity contribution is 0.214. The first kappa shape index (κ1) is 19.8. The van der Waals surface area contributed by atoms with Gasteiger partial charge in [0, 0.05) is 15.3 Å². The lowest BCUT2D eigenvalue weighted by Gasteiger charge is -2.15. The van der Waals surface area contributed by atoms with E-state index < -0.39 is 5.67 Å². The standard InChI is InChI=1S/C24H28FNS/c1-7-8-20-17(4)27-21-14-18(13-15(2)23(20)21)9-10-19-11-12-22(24(5,6)25)26-16(19)3/h7,11-14H,1,8-10H2,2-6H3. The van der Waals surface area contributed by atoms with Crippen LogP contribution >= 0.6 is 11.3 Å². The van der Waals surface area contributed by atoms with Crippen molar-refractivity contribution >= 4 is 21.4 Å². The van der Waals surface area contributed by atoms with Crippen molar-refractivity contribution in [2.75, 3.05) is 0 Å². The minimum atomic E-state index is -1.40. The molecule has 3 rings (SSSR count). The molecule has 0 saturated carbocycles. The molecule has 1 aromatic carbocycles. The van der Waals surface area contributed by atoms with Crippen molar-refractivity contribution in [3.8, 4) is 0 Å². The first-order valence-corrected chi connectivity index (χ1v) is 10.3. The van der Waals surface area contributed by atoms with Crippen molar-refractivity contribution in [3.05, 3.63) is 75.4 Å². The summed E-state index contributed by atoms with van der Waals surface area (Å²) in [5, 5.41) is 1.40. The second kappa shape index (κ2) is 7.55. The molecule has 0 spiro atoms. The lowest BCUT2D eigenvalue weighted by Crippen LogP contribution is -2.13. The van der Waals surface area contributed by atoms with Crippen molar-refractivity contribution in [3.63, 3.8) is 0 Å². The van der Waals surface area contributed by atoms with Gasteiger partial charge >= 0.3 is 0 Å². The van der Waals surface area contributed by atoms with Crippen LogP contribution in [0.15, 0.2) is 36.9 Å². The first-order chi connectivity index (χ1) is 12.7. The zero-order chi connectivity index (χ0) is 19.8. The van der Waals surface area contributed by atoms with Crippen LogP contribution < -0.4 is 0 Å². The van der Waals surface area contributed by atoms with E-state index in [0.29, 0.717) is 5.69 Å². The maximum atomic E-state index is 14.1. The largest absolute Gasteiger partial charge is 0.255 e. The van der Waals surface area contributed by atoms with Gasteiger partial charge in [-0.1, -0.05) is 18.2 Å². The van der Waals surface area contributed by atoms with Crippen molar-refractivity contribution < 1.29 is 4.39 Å². The van der Waals surface area contributed by atoms with E-state index in [1.807, 2.05) is 36.5 Å². The van der Waals surface area contributed by atoms with Crippen molar-refractivity contribution in [2.24, 2.45) is 0 Å². The van der Waals surface area contributed by atoms with Gasteiger partial charge in [-0.25, -0.2) is 4.39 Å². The third-order valence-corrected chi connectivity index (χ3v) is 6.28. The topological polar surface area (TPSA) is 12.9 Å². The van der Waals surface area contributed by atoms with Crippen LogP contribution in [0.1, 0.15) is 52.4 Å². The van der Waals surface area contributed by atoms with Crippen LogP contribution in [0.5, 0.6) is 0 Å². The van der Waals surface area contributed by atoms with Crippen LogP contribution in [-0.4, -0.2) is 4.98 Å². The normalized spacial score (nSPS) is 11.9. The number of fused-ring (bicyclic) bond motifs is 1. The average molecular weight is 382 g/mol. The molecule has 0 bridgehead atoms. The molecule has 0 amide bonds. The number of benzene rings is 1. The van der Waals surface area contributed by atoms with E-state index in [1.165, 1.54) is 37.2 Å². The highest BCUT2D eigenvalue weighted by atomic mass is 32.1. The fraction of sp³-hybridized carbons (Fsp3) is 0.375. The third-order valence-electron chi connectivity index (χ3n) is 5.18. The second-order valence-corrected chi connectivity index (χ2v) is 9.09. The Bertz CT molecular complexity index is 992. The number of nitrogens with zero attached hydrogens (tertiary/aromatic N) is 1. The van der Waals surface area contributed by atoms with Gasteiger partial charge in [-0.3, -0.25) is 4.98 Å². The number of hydrogen-bond donors (Lipinski definition) is 0. The molecule has 0 atom stereocenters. The minimum absolute atomic E-state index is 0.504. The average Bonchev–Trinajstić information content (AvgIpc) is 2.89. The molecular weight excluding hydrogens is 353 g/mol. The van der Waals surface area contributed by atoms with Gasteiger partial charge in [0.05, 0.1) is 5.69 Å². The molecule has 2 heterocycles. The summed E-state index contributed by atoms with van der Waals surface area (Å²) in [6, 6.07) is 8.49. The monoisotopic (exact) mass is 381 g/mol. The molecule has 0 aliphatic rings. The van der Waals surface area contributed by atoms with Gasteiger partial charge in [0.1, 0.15) is 5.67 Å². The van der Waals surface area contributed by atoms with E-state index in [-0.39, 0.29) is 0 Å². The van der Waals surface area contributed by atoms with Gasteiger partial charge in [0.15, 0.2) is 0 Å². The molecule has 3 heteroatoms. The predicted molar refractivity (Wildman–Crippen MR) is 116 cm³/mol. The summed E-state index contributed by atoms with van der Waals surface area (Å²) >= 11 is 1.87. The summed E-state index contributed by atoms with van der Waals surface area (Å²) in [5.41, 5.74) is 5.33. The van der Waals surface area contributed by atoms with Crippen LogP contribution in [0, 0.1) is 20.8 Å². The maximum Gasteiger partial charge on any atom is 0.147 e. The number of allylic oxidation sites excluding steroid dienone is 1. The van der Waals surface area contributed by atoms with E-state index in [9.17, 15) is 4.39 Å². The molecule has 27 heavy (non-hydrogen) atoms. The van der Waals surface area contributed by atoms with Gasteiger partial charge in [0.25, 0.3) is 0 Å². The van der Waals surface area contributed by atoms with Crippen molar-refractivity contribution in [2.45, 2.75) is 59.5 Å². The van der Waals surface area contributed by atoms with Crippen LogP contribution in [0.4, 0.5) is 4.39 Å². The first-order valence-electron chi connectivity index (χ1n) is 9.49. The molecule has 0 fully saturated rings. The Morgan fingerprint density at radius 2 is 1.89 bits per heavy atom. The van der Waals surface area contributed by atoms with Gasteiger partial charge in [-0.15, -0.1) is 17.9 Å². The molecule has 0 saturated heterocycles. The SMILES string of the molecule is C=CCc1c(C)sc2cc(CCc3ccc(C(C)(C)F)nc3C)cc(C)c12. The fourth-order valence-corrected chi connectivity index (χ4v) is 4.93. The number of halogens is 1. The van der Waals surface area contributed by atoms with Crippen molar-refractivity contribution in [1.29, 1.82) is 0 Å². The number of thiophene rings is 1. The van der Waals surface area contributed by atoms with E-state index in [4.69, 9.17) is 0 Å². The molecule has 0 unspecified atom stereocenters. The van der Waals surface area contributed by atoms with E-state index >= 15 is 0 Å². The Labute approximate surface area is 166 Å². The molecule has 1 nitrogen and oxygen atoms in total. The molecule has 0 N–H and O–H groups in total. The summed E-state index contributed by atoms with van der Waals surface area (Å²) in [5.74, 6) is 0. The van der Waals surface area contributed by atoms with Crippen LogP contribution in [0.2, 0.25) is 0 Å². The third kappa shape index (κ3) is 4.14.